The summed E-state index contributed by atoms with van der Waals surface area (Å²) in [6.45, 7) is 0. The van der Waals surface area contributed by atoms with Gasteiger partial charge in [-0.3, -0.25) is 0 Å². The molecule has 0 aliphatic heterocycles. The van der Waals surface area contributed by atoms with Crippen LogP contribution in [0.3, 0.4) is 0 Å². The third-order valence-electron chi connectivity index (χ3n) is 2.43. The van der Waals surface area contributed by atoms with Crippen LogP contribution < -0.4 is 5.73 Å². The topological polar surface area (TPSA) is 65.2 Å². The molecule has 0 radical (unpaired) electrons. The predicted octanol–water partition coefficient (Wildman–Crippen LogP) is 2.95. The lowest BCUT2D eigenvalue weighted by Crippen LogP contribution is -1.88. The molecule has 17 heavy (non-hydrogen) atoms. The first-order chi connectivity index (χ1) is 8.16. The van der Waals surface area contributed by atoms with Gasteiger partial charge in [-0.15, -0.1) is 0 Å². The van der Waals surface area contributed by atoms with Crippen molar-refractivity contribution in [2.24, 2.45) is 0 Å². The molecule has 0 aliphatic rings. The second kappa shape index (κ2) is 3.31. The molecule has 3 aromatic rings. The van der Waals surface area contributed by atoms with Crippen LogP contribution in [-0.4, -0.2) is 5.16 Å². The number of nitrogens with two attached hydrogens (primary N) is 1. The molecule has 0 saturated carbocycles. The highest BCUT2D eigenvalue weighted by atomic mass is 19.1. The summed E-state index contributed by atoms with van der Waals surface area (Å²) in [5.74, 6) is -1.42. The van der Waals surface area contributed by atoms with Crippen molar-refractivity contribution < 1.29 is 17.7 Å². The highest BCUT2D eigenvalue weighted by Gasteiger charge is 2.19. The van der Waals surface area contributed by atoms with E-state index in [-0.39, 0.29) is 28.1 Å². The maximum Gasteiger partial charge on any atom is 0.222 e. The summed E-state index contributed by atoms with van der Waals surface area (Å²) < 4.78 is 36.9. The molecule has 0 bridgehead atoms. The zero-order chi connectivity index (χ0) is 12.0. The van der Waals surface area contributed by atoms with Crippen molar-refractivity contribution in [3.63, 3.8) is 0 Å². The number of aromatic nitrogens is 1. The maximum absolute atomic E-state index is 13.7. The first kappa shape index (κ1) is 9.83. The van der Waals surface area contributed by atoms with Crippen molar-refractivity contribution in [1.29, 1.82) is 0 Å². The molecule has 0 atom stereocenters. The van der Waals surface area contributed by atoms with Crippen LogP contribution in [-0.2, 0) is 0 Å². The molecule has 2 N–H and O–H groups in total. The summed E-state index contributed by atoms with van der Waals surface area (Å²) in [7, 11) is 0. The molecule has 4 nitrogen and oxygen atoms in total. The van der Waals surface area contributed by atoms with Gasteiger partial charge in [-0.25, -0.2) is 8.78 Å². The normalized spacial score (nSPS) is 11.2. The number of benzene rings is 1. The highest BCUT2D eigenvalue weighted by Crippen LogP contribution is 2.33. The molecule has 1 aromatic carbocycles. The van der Waals surface area contributed by atoms with Crippen molar-refractivity contribution in [3.05, 3.63) is 36.1 Å². The van der Waals surface area contributed by atoms with Crippen LogP contribution in [0.4, 0.5) is 14.7 Å². The average molecular weight is 236 g/mol. The number of hydrogen-bond donors (Lipinski definition) is 1. The Morgan fingerprint density at radius 1 is 1.18 bits per heavy atom. The standard InChI is InChI=1S/C11H6F2N2O2/c12-6-3-7(13)10(8-4-9(14)17-15-8)11-5(6)1-2-16-11/h1-4H,14H2. The minimum atomic E-state index is -0.779. The Labute approximate surface area is 93.6 Å². The Balaban J connectivity index is 2.39. The number of anilines is 1. The van der Waals surface area contributed by atoms with Gasteiger partial charge in [0.25, 0.3) is 0 Å². The van der Waals surface area contributed by atoms with Crippen LogP contribution in [0.1, 0.15) is 0 Å². The average Bonchev–Trinajstić information content (AvgIpc) is 2.87. The molecule has 86 valence electrons. The fraction of sp³-hybridized carbons (Fsp3) is 0. The Morgan fingerprint density at radius 2 is 2.00 bits per heavy atom. The van der Waals surface area contributed by atoms with Crippen LogP contribution in [0, 0.1) is 11.6 Å². The third kappa shape index (κ3) is 1.37. The van der Waals surface area contributed by atoms with Gasteiger partial charge < -0.3 is 14.7 Å². The molecule has 0 amide bonds. The highest BCUT2D eigenvalue weighted by molar-refractivity contribution is 5.92. The molecule has 0 spiro atoms. The molecule has 0 fully saturated rings. The minimum absolute atomic E-state index is 0.0341. The number of nitrogen functional groups attached to an aromatic ring is 1. The summed E-state index contributed by atoms with van der Waals surface area (Å²) in [5, 5.41) is 3.77. The van der Waals surface area contributed by atoms with Crippen molar-refractivity contribution in [2.75, 3.05) is 5.73 Å². The summed E-state index contributed by atoms with van der Waals surface area (Å²) in [6, 6.07) is 3.54. The van der Waals surface area contributed by atoms with Crippen LogP contribution >= 0.6 is 0 Å². The number of hydrogen-bond acceptors (Lipinski definition) is 4. The summed E-state index contributed by atoms with van der Waals surface area (Å²) in [6.07, 6.45) is 1.28. The number of nitrogens with zero attached hydrogens (tertiary/aromatic N) is 1. The molecular weight excluding hydrogens is 230 g/mol. The van der Waals surface area contributed by atoms with Gasteiger partial charge in [0.05, 0.1) is 17.2 Å². The van der Waals surface area contributed by atoms with E-state index in [9.17, 15) is 8.78 Å². The summed E-state index contributed by atoms with van der Waals surface area (Å²) in [5.41, 5.74) is 5.64. The Kier molecular flexibility index (Phi) is 1.91. The van der Waals surface area contributed by atoms with Gasteiger partial charge in [0.2, 0.25) is 5.88 Å². The SMILES string of the molecule is Nc1cc(-c2c(F)cc(F)c3ccoc23)no1. The Bertz CT molecular complexity index is 703. The van der Waals surface area contributed by atoms with E-state index >= 15 is 0 Å². The Morgan fingerprint density at radius 3 is 2.71 bits per heavy atom. The Hall–Kier alpha value is -2.37. The van der Waals surface area contributed by atoms with E-state index < -0.39 is 11.6 Å². The molecule has 0 saturated heterocycles. The van der Waals surface area contributed by atoms with Crippen LogP contribution in [0.5, 0.6) is 0 Å². The molecule has 0 aliphatic carbocycles. The van der Waals surface area contributed by atoms with Crippen molar-refractivity contribution >= 4 is 16.9 Å². The molecule has 3 rings (SSSR count). The van der Waals surface area contributed by atoms with Gasteiger partial charge in [-0.1, -0.05) is 5.16 Å². The quantitative estimate of drug-likeness (QED) is 0.705. The zero-order valence-corrected chi connectivity index (χ0v) is 8.41. The largest absolute Gasteiger partial charge is 0.463 e. The van der Waals surface area contributed by atoms with E-state index in [4.69, 9.17) is 10.2 Å². The lowest BCUT2D eigenvalue weighted by molar-refractivity contribution is 0.438. The lowest BCUT2D eigenvalue weighted by Gasteiger charge is -2.00. The molecular formula is C11H6F2N2O2. The van der Waals surface area contributed by atoms with E-state index in [1.54, 1.807) is 0 Å². The number of halogens is 2. The molecule has 0 unspecified atom stereocenters. The van der Waals surface area contributed by atoms with Gasteiger partial charge in [0, 0.05) is 12.1 Å². The van der Waals surface area contributed by atoms with Crippen LogP contribution in [0.2, 0.25) is 0 Å². The van der Waals surface area contributed by atoms with Gasteiger partial charge in [-0.2, -0.15) is 0 Å². The first-order valence-electron chi connectivity index (χ1n) is 4.74. The molecule has 2 aromatic heterocycles. The van der Waals surface area contributed by atoms with E-state index in [1.165, 1.54) is 18.4 Å². The molecule has 2 heterocycles. The fourth-order valence-corrected chi connectivity index (χ4v) is 1.71. The second-order valence-corrected chi connectivity index (χ2v) is 3.49. The van der Waals surface area contributed by atoms with Crippen molar-refractivity contribution in [3.8, 4) is 11.3 Å². The van der Waals surface area contributed by atoms with Crippen LogP contribution in [0.15, 0.2) is 33.4 Å². The lowest BCUT2D eigenvalue weighted by atomic mass is 10.1. The van der Waals surface area contributed by atoms with E-state index in [2.05, 4.69) is 9.68 Å². The van der Waals surface area contributed by atoms with E-state index in [0.717, 1.165) is 6.07 Å². The van der Waals surface area contributed by atoms with Gasteiger partial charge in [0.1, 0.15) is 22.9 Å². The van der Waals surface area contributed by atoms with E-state index in [0.29, 0.717) is 0 Å². The number of furan rings is 1. The van der Waals surface area contributed by atoms with Gasteiger partial charge in [0.15, 0.2) is 0 Å². The van der Waals surface area contributed by atoms with Crippen molar-refractivity contribution in [1.82, 2.24) is 5.16 Å². The smallest absolute Gasteiger partial charge is 0.222 e. The fourth-order valence-electron chi connectivity index (χ4n) is 1.71. The summed E-state index contributed by atoms with van der Waals surface area (Å²) >= 11 is 0. The monoisotopic (exact) mass is 236 g/mol. The summed E-state index contributed by atoms with van der Waals surface area (Å²) in [4.78, 5) is 0. The van der Waals surface area contributed by atoms with Gasteiger partial charge >= 0.3 is 0 Å². The number of fused-ring (bicyclic) bond motifs is 1. The zero-order valence-electron chi connectivity index (χ0n) is 8.41. The number of rotatable bonds is 1. The maximum atomic E-state index is 13.7. The predicted molar refractivity (Wildman–Crippen MR) is 56.0 cm³/mol. The van der Waals surface area contributed by atoms with E-state index in [1.807, 2.05) is 0 Å². The first-order valence-corrected chi connectivity index (χ1v) is 4.74. The van der Waals surface area contributed by atoms with Crippen molar-refractivity contribution in [2.45, 2.75) is 0 Å². The third-order valence-corrected chi connectivity index (χ3v) is 2.43. The van der Waals surface area contributed by atoms with Crippen LogP contribution in [0.25, 0.3) is 22.2 Å². The minimum Gasteiger partial charge on any atom is -0.463 e. The van der Waals surface area contributed by atoms with Gasteiger partial charge in [-0.05, 0) is 6.07 Å². The molecule has 6 heteroatoms. The second-order valence-electron chi connectivity index (χ2n) is 3.49.